The summed E-state index contributed by atoms with van der Waals surface area (Å²) in [5.41, 5.74) is 5.16. The van der Waals surface area contributed by atoms with E-state index in [-0.39, 0.29) is 17.9 Å². The van der Waals surface area contributed by atoms with Gasteiger partial charge in [0.2, 0.25) is 0 Å². The van der Waals surface area contributed by atoms with Gasteiger partial charge >= 0.3 is 12.3 Å². The number of nitrogen functional groups attached to an aromatic ring is 1. The number of alkyl halides is 3. The second-order valence-corrected chi connectivity index (χ2v) is 3.44. The Hall–Kier alpha value is -1.92. The summed E-state index contributed by atoms with van der Waals surface area (Å²) < 4.78 is 44.4. The molecule has 7 heteroatoms. The number of hydrogen-bond acceptors (Lipinski definition) is 4. The highest BCUT2D eigenvalue weighted by Crippen LogP contribution is 2.29. The number of rotatable bonds is 4. The summed E-state index contributed by atoms with van der Waals surface area (Å²) in [5, 5.41) is 0. The molecular weight excluding hydrogens is 251 g/mol. The number of hydrogen-bond donors (Lipinski definition) is 1. The third-order valence-corrected chi connectivity index (χ3v) is 1.91. The van der Waals surface area contributed by atoms with Crippen LogP contribution in [0.5, 0.6) is 5.75 Å². The molecule has 0 saturated carbocycles. The second kappa shape index (κ2) is 5.61. The lowest BCUT2D eigenvalue weighted by atomic mass is 10.2. The number of anilines is 1. The molecule has 0 aliphatic heterocycles. The molecule has 0 aromatic heterocycles. The van der Waals surface area contributed by atoms with E-state index in [9.17, 15) is 18.0 Å². The summed E-state index contributed by atoms with van der Waals surface area (Å²) in [6.45, 7) is 2.06. The number of benzene rings is 1. The van der Waals surface area contributed by atoms with Gasteiger partial charge in [-0.25, -0.2) is 4.79 Å². The molecule has 0 radical (unpaired) electrons. The van der Waals surface area contributed by atoms with Crippen LogP contribution in [0.15, 0.2) is 18.2 Å². The molecule has 2 N–H and O–H groups in total. The third-order valence-electron chi connectivity index (χ3n) is 1.91. The monoisotopic (exact) mass is 263 g/mol. The molecule has 18 heavy (non-hydrogen) atoms. The van der Waals surface area contributed by atoms with Gasteiger partial charge in [-0.15, -0.1) is 13.2 Å². The van der Waals surface area contributed by atoms with Crippen molar-refractivity contribution in [2.45, 2.75) is 19.7 Å². The topological polar surface area (TPSA) is 61.5 Å². The number of carbonyl (C=O) groups excluding carboxylic acids is 1. The molecule has 0 fully saturated rings. The number of halogens is 3. The molecule has 0 aliphatic rings. The quantitative estimate of drug-likeness (QED) is 0.670. The Bertz CT molecular complexity index is 432. The van der Waals surface area contributed by atoms with E-state index in [1.54, 1.807) is 0 Å². The van der Waals surface area contributed by atoms with Gasteiger partial charge in [0.1, 0.15) is 0 Å². The van der Waals surface area contributed by atoms with Gasteiger partial charge in [-0.2, -0.15) is 0 Å². The lowest BCUT2D eigenvalue weighted by Gasteiger charge is -2.11. The van der Waals surface area contributed by atoms with E-state index in [1.165, 1.54) is 0 Å². The van der Waals surface area contributed by atoms with Crippen LogP contribution in [0.4, 0.5) is 18.9 Å². The van der Waals surface area contributed by atoms with Gasteiger partial charge < -0.3 is 15.2 Å². The highest BCUT2D eigenvalue weighted by atomic mass is 19.4. The highest BCUT2D eigenvalue weighted by Gasteiger charge is 2.32. The zero-order valence-corrected chi connectivity index (χ0v) is 9.58. The van der Waals surface area contributed by atoms with Crippen LogP contribution >= 0.6 is 0 Å². The van der Waals surface area contributed by atoms with Gasteiger partial charge in [-0.3, -0.25) is 0 Å². The number of carbonyl (C=O) groups is 1. The van der Waals surface area contributed by atoms with Crippen LogP contribution in [0.3, 0.4) is 0 Å². The molecule has 1 aromatic rings. The molecule has 0 atom stereocenters. The Balaban J connectivity index is 2.82. The minimum Gasteiger partial charge on any atom is -0.462 e. The van der Waals surface area contributed by atoms with E-state index in [0.717, 1.165) is 18.2 Å². The summed E-state index contributed by atoms with van der Waals surface area (Å²) in [4.78, 5) is 11.4. The van der Waals surface area contributed by atoms with Crippen molar-refractivity contribution in [2.24, 2.45) is 0 Å². The summed E-state index contributed by atoms with van der Waals surface area (Å²) in [6, 6.07) is 3.22. The first kappa shape index (κ1) is 14.1. The standard InChI is InChI=1S/C11H12F3NO3/c1-2-5-17-10(16)7-3-4-9(8(15)6-7)18-11(12,13)14/h3-4,6H,2,5,15H2,1H3. The molecule has 4 nitrogen and oxygen atoms in total. The molecule has 1 rings (SSSR count). The predicted molar refractivity (Wildman–Crippen MR) is 58.1 cm³/mol. The van der Waals surface area contributed by atoms with Crippen molar-refractivity contribution in [2.75, 3.05) is 12.3 Å². The number of nitrogens with two attached hydrogens (primary N) is 1. The van der Waals surface area contributed by atoms with Gasteiger partial charge in [-0.05, 0) is 24.6 Å². The number of ether oxygens (including phenoxy) is 2. The molecule has 0 heterocycles. The zero-order valence-electron chi connectivity index (χ0n) is 9.58. The first-order valence-electron chi connectivity index (χ1n) is 5.16. The molecule has 0 aliphatic carbocycles. The number of esters is 1. The predicted octanol–water partition coefficient (Wildman–Crippen LogP) is 2.73. The van der Waals surface area contributed by atoms with Gasteiger partial charge in [0.15, 0.2) is 5.75 Å². The molecule has 1 aromatic carbocycles. The Kier molecular flexibility index (Phi) is 4.41. The Morgan fingerprint density at radius 3 is 2.56 bits per heavy atom. The van der Waals surface area contributed by atoms with Gasteiger partial charge in [-0.1, -0.05) is 6.92 Å². The fourth-order valence-electron chi connectivity index (χ4n) is 1.17. The molecule has 100 valence electrons. The van der Waals surface area contributed by atoms with Crippen LogP contribution in [-0.4, -0.2) is 18.9 Å². The summed E-state index contributed by atoms with van der Waals surface area (Å²) >= 11 is 0. The average molecular weight is 263 g/mol. The smallest absolute Gasteiger partial charge is 0.462 e. The minimum atomic E-state index is -4.82. The largest absolute Gasteiger partial charge is 0.573 e. The van der Waals surface area contributed by atoms with Crippen molar-refractivity contribution < 1.29 is 27.4 Å². The van der Waals surface area contributed by atoms with Crippen LogP contribution in [0.1, 0.15) is 23.7 Å². The Morgan fingerprint density at radius 2 is 2.06 bits per heavy atom. The maximum atomic E-state index is 12.0. The zero-order chi connectivity index (χ0) is 13.8. The van der Waals surface area contributed by atoms with Crippen molar-refractivity contribution in [1.82, 2.24) is 0 Å². The van der Waals surface area contributed by atoms with E-state index >= 15 is 0 Å². The second-order valence-electron chi connectivity index (χ2n) is 3.44. The van der Waals surface area contributed by atoms with Crippen LogP contribution < -0.4 is 10.5 Å². The maximum Gasteiger partial charge on any atom is 0.573 e. The molecule has 0 bridgehead atoms. The average Bonchev–Trinajstić information content (AvgIpc) is 2.27. The first-order valence-corrected chi connectivity index (χ1v) is 5.16. The van der Waals surface area contributed by atoms with E-state index in [1.807, 2.05) is 6.92 Å². The van der Waals surface area contributed by atoms with Gasteiger partial charge in [0, 0.05) is 0 Å². The van der Waals surface area contributed by atoms with Crippen LogP contribution in [-0.2, 0) is 4.74 Å². The Labute approximate surface area is 101 Å². The van der Waals surface area contributed by atoms with E-state index in [0.29, 0.717) is 6.42 Å². The van der Waals surface area contributed by atoms with Crippen LogP contribution in [0.2, 0.25) is 0 Å². The normalized spacial score (nSPS) is 11.1. The minimum absolute atomic E-state index is 0.0791. The van der Waals surface area contributed by atoms with Crippen LogP contribution in [0, 0.1) is 0 Å². The van der Waals surface area contributed by atoms with Crippen molar-refractivity contribution in [3.63, 3.8) is 0 Å². The highest BCUT2D eigenvalue weighted by molar-refractivity contribution is 5.91. The van der Waals surface area contributed by atoms with Crippen molar-refractivity contribution in [1.29, 1.82) is 0 Å². The molecule has 0 spiro atoms. The van der Waals surface area contributed by atoms with Crippen molar-refractivity contribution in [3.8, 4) is 5.75 Å². The molecule has 0 unspecified atom stereocenters. The molecular formula is C11H12F3NO3. The summed E-state index contributed by atoms with van der Waals surface area (Å²) in [5.74, 6) is -1.18. The molecule has 0 amide bonds. The third kappa shape index (κ3) is 4.15. The fraction of sp³-hybridized carbons (Fsp3) is 0.364. The van der Waals surface area contributed by atoms with Crippen molar-refractivity contribution in [3.05, 3.63) is 23.8 Å². The lowest BCUT2D eigenvalue weighted by Crippen LogP contribution is -2.18. The van der Waals surface area contributed by atoms with E-state index in [4.69, 9.17) is 10.5 Å². The summed E-state index contributed by atoms with van der Waals surface area (Å²) in [6.07, 6.45) is -4.17. The molecule has 0 saturated heterocycles. The lowest BCUT2D eigenvalue weighted by molar-refractivity contribution is -0.274. The van der Waals surface area contributed by atoms with Gasteiger partial charge in [0.05, 0.1) is 17.9 Å². The van der Waals surface area contributed by atoms with Crippen molar-refractivity contribution >= 4 is 11.7 Å². The maximum absolute atomic E-state index is 12.0. The fourth-order valence-corrected chi connectivity index (χ4v) is 1.17. The van der Waals surface area contributed by atoms with Crippen LogP contribution in [0.25, 0.3) is 0 Å². The van der Waals surface area contributed by atoms with E-state index < -0.39 is 18.1 Å². The summed E-state index contributed by atoms with van der Waals surface area (Å²) in [7, 11) is 0. The SMILES string of the molecule is CCCOC(=O)c1ccc(OC(F)(F)F)c(N)c1. The first-order chi connectivity index (χ1) is 8.33. The Morgan fingerprint density at radius 1 is 1.39 bits per heavy atom. The van der Waals surface area contributed by atoms with Gasteiger partial charge in [0.25, 0.3) is 0 Å². The van der Waals surface area contributed by atoms with E-state index in [2.05, 4.69) is 4.74 Å².